The Labute approximate surface area is 176 Å². The molecule has 4 rings (SSSR count). The van der Waals surface area contributed by atoms with Crippen LogP contribution >= 0.6 is 0 Å². The van der Waals surface area contributed by atoms with E-state index >= 15 is 0 Å². The number of morpholine rings is 1. The van der Waals surface area contributed by atoms with Gasteiger partial charge in [0.2, 0.25) is 0 Å². The van der Waals surface area contributed by atoms with Crippen LogP contribution in [0.4, 0.5) is 0 Å². The Morgan fingerprint density at radius 2 is 1.87 bits per heavy atom. The normalized spacial score (nSPS) is 15.5. The van der Waals surface area contributed by atoms with E-state index in [-0.39, 0.29) is 11.9 Å². The average Bonchev–Trinajstić information content (AvgIpc) is 3.31. The van der Waals surface area contributed by atoms with Crippen LogP contribution in [0.1, 0.15) is 22.0 Å². The van der Waals surface area contributed by atoms with Gasteiger partial charge in [-0.05, 0) is 29.8 Å². The number of carbonyl (C=O) groups excluding carboxylic acids is 1. The average molecular weight is 406 g/mol. The first-order valence-electron chi connectivity index (χ1n) is 10.1. The summed E-state index contributed by atoms with van der Waals surface area (Å²) in [6.07, 6.45) is 3.35. The molecular formula is C23H26N4O3. The Morgan fingerprint density at radius 3 is 2.57 bits per heavy atom. The maximum Gasteiger partial charge on any atom is 0.254 e. The third-order valence-corrected chi connectivity index (χ3v) is 5.31. The Hall–Kier alpha value is -3.16. The van der Waals surface area contributed by atoms with Crippen LogP contribution in [0, 0.1) is 0 Å². The van der Waals surface area contributed by atoms with Gasteiger partial charge >= 0.3 is 0 Å². The second-order valence-electron chi connectivity index (χ2n) is 7.16. The molecule has 0 bridgehead atoms. The number of hydrogen-bond acceptors (Lipinski definition) is 5. The number of aromatic nitrogens is 2. The SMILES string of the molecule is COc1ccc(C(CNC(=O)c2cnn(-c3ccccc3)c2)N2CCOCC2)cc1. The zero-order valence-corrected chi connectivity index (χ0v) is 17.0. The number of carbonyl (C=O) groups is 1. The molecule has 7 heteroatoms. The van der Waals surface area contributed by atoms with Crippen LogP contribution in [0.25, 0.3) is 5.69 Å². The summed E-state index contributed by atoms with van der Waals surface area (Å²) in [7, 11) is 1.66. The molecule has 1 saturated heterocycles. The fourth-order valence-electron chi connectivity index (χ4n) is 3.63. The molecule has 1 atom stereocenters. The van der Waals surface area contributed by atoms with Crippen molar-refractivity contribution >= 4 is 5.91 Å². The van der Waals surface area contributed by atoms with Gasteiger partial charge in [-0.15, -0.1) is 0 Å². The monoisotopic (exact) mass is 406 g/mol. The highest BCUT2D eigenvalue weighted by atomic mass is 16.5. The lowest BCUT2D eigenvalue weighted by Gasteiger charge is -2.35. The molecule has 30 heavy (non-hydrogen) atoms. The molecule has 2 heterocycles. The molecule has 0 aliphatic carbocycles. The number of benzene rings is 2. The van der Waals surface area contributed by atoms with Crippen LogP contribution in [0.3, 0.4) is 0 Å². The Bertz CT molecular complexity index is 950. The van der Waals surface area contributed by atoms with Crippen molar-refractivity contribution in [3.05, 3.63) is 78.1 Å². The van der Waals surface area contributed by atoms with Crippen molar-refractivity contribution in [2.45, 2.75) is 6.04 Å². The fourth-order valence-corrected chi connectivity index (χ4v) is 3.63. The molecule has 1 aromatic heterocycles. The molecule has 156 valence electrons. The summed E-state index contributed by atoms with van der Waals surface area (Å²) < 4.78 is 12.5. The zero-order valence-electron chi connectivity index (χ0n) is 17.0. The van der Waals surface area contributed by atoms with Gasteiger partial charge in [0.25, 0.3) is 5.91 Å². The van der Waals surface area contributed by atoms with Crippen molar-refractivity contribution in [1.29, 1.82) is 0 Å². The zero-order chi connectivity index (χ0) is 20.8. The lowest BCUT2D eigenvalue weighted by atomic mass is 10.0. The predicted molar refractivity (Wildman–Crippen MR) is 114 cm³/mol. The van der Waals surface area contributed by atoms with Gasteiger partial charge in [-0.2, -0.15) is 5.10 Å². The van der Waals surface area contributed by atoms with E-state index in [2.05, 4.69) is 27.4 Å². The van der Waals surface area contributed by atoms with Crippen molar-refractivity contribution in [3.63, 3.8) is 0 Å². The van der Waals surface area contributed by atoms with Gasteiger partial charge in [0.05, 0.1) is 43.8 Å². The van der Waals surface area contributed by atoms with E-state index in [0.717, 1.165) is 30.1 Å². The van der Waals surface area contributed by atoms with Crippen molar-refractivity contribution in [2.75, 3.05) is 40.0 Å². The largest absolute Gasteiger partial charge is 0.497 e. The van der Waals surface area contributed by atoms with E-state index in [0.29, 0.717) is 25.3 Å². The van der Waals surface area contributed by atoms with Crippen LogP contribution in [-0.4, -0.2) is 60.5 Å². The topological polar surface area (TPSA) is 68.6 Å². The first kappa shape index (κ1) is 20.1. The number of ether oxygens (including phenoxy) is 2. The summed E-state index contributed by atoms with van der Waals surface area (Å²) in [5.74, 6) is 0.681. The highest BCUT2D eigenvalue weighted by Gasteiger charge is 2.23. The van der Waals surface area contributed by atoms with Gasteiger partial charge in [0, 0.05) is 25.8 Å². The van der Waals surface area contributed by atoms with Crippen molar-refractivity contribution in [2.24, 2.45) is 0 Å². The maximum atomic E-state index is 12.8. The third-order valence-electron chi connectivity index (χ3n) is 5.31. The second-order valence-corrected chi connectivity index (χ2v) is 7.16. The molecule has 1 amide bonds. The molecule has 3 aromatic rings. The molecular weight excluding hydrogens is 380 g/mol. The smallest absolute Gasteiger partial charge is 0.254 e. The summed E-state index contributed by atoms with van der Waals surface area (Å²) in [6.45, 7) is 3.56. The van der Waals surface area contributed by atoms with Gasteiger partial charge in [0.1, 0.15) is 5.75 Å². The van der Waals surface area contributed by atoms with Gasteiger partial charge in [0.15, 0.2) is 0 Å². The van der Waals surface area contributed by atoms with Gasteiger partial charge in [-0.25, -0.2) is 4.68 Å². The van der Waals surface area contributed by atoms with Crippen LogP contribution < -0.4 is 10.1 Å². The van der Waals surface area contributed by atoms with E-state index in [9.17, 15) is 4.79 Å². The molecule has 7 nitrogen and oxygen atoms in total. The van der Waals surface area contributed by atoms with Crippen LogP contribution in [-0.2, 0) is 4.74 Å². The van der Waals surface area contributed by atoms with E-state index < -0.39 is 0 Å². The highest BCUT2D eigenvalue weighted by molar-refractivity contribution is 5.93. The summed E-state index contributed by atoms with van der Waals surface area (Å²) in [5.41, 5.74) is 2.59. The number of methoxy groups -OCH3 is 1. The number of amides is 1. The summed E-state index contributed by atoms with van der Waals surface area (Å²) >= 11 is 0. The first-order chi connectivity index (χ1) is 14.7. The minimum absolute atomic E-state index is 0.0629. The molecule has 1 aliphatic rings. The molecule has 1 fully saturated rings. The molecule has 0 radical (unpaired) electrons. The standard InChI is InChI=1S/C23H26N4O3/c1-29-21-9-7-18(8-10-21)22(26-11-13-30-14-12-26)16-24-23(28)19-15-25-27(17-19)20-5-3-2-4-6-20/h2-10,15,17,22H,11-14,16H2,1H3,(H,24,28). The second kappa shape index (κ2) is 9.56. The van der Waals surface area contributed by atoms with Crippen LogP contribution in [0.15, 0.2) is 67.0 Å². The molecule has 1 N–H and O–H groups in total. The molecule has 0 spiro atoms. The fraction of sp³-hybridized carbons (Fsp3) is 0.304. The Kier molecular flexibility index (Phi) is 6.41. The lowest BCUT2D eigenvalue weighted by molar-refractivity contribution is 0.0162. The molecule has 1 aliphatic heterocycles. The number of nitrogens with one attached hydrogen (secondary N) is 1. The van der Waals surface area contributed by atoms with E-state index in [1.165, 1.54) is 0 Å². The Morgan fingerprint density at radius 1 is 1.13 bits per heavy atom. The number of hydrogen-bond donors (Lipinski definition) is 1. The van der Waals surface area contributed by atoms with Crippen molar-refractivity contribution in [3.8, 4) is 11.4 Å². The number of rotatable bonds is 7. The van der Waals surface area contributed by atoms with Gasteiger partial charge in [-0.1, -0.05) is 30.3 Å². The van der Waals surface area contributed by atoms with Crippen molar-refractivity contribution < 1.29 is 14.3 Å². The Balaban J connectivity index is 1.46. The van der Waals surface area contributed by atoms with Crippen molar-refractivity contribution in [1.82, 2.24) is 20.0 Å². The number of nitrogens with zero attached hydrogens (tertiary/aromatic N) is 3. The summed E-state index contributed by atoms with van der Waals surface area (Å²) in [5, 5.41) is 7.40. The number of para-hydroxylation sites is 1. The first-order valence-corrected chi connectivity index (χ1v) is 10.1. The van der Waals surface area contributed by atoms with E-state index in [1.807, 2.05) is 42.5 Å². The lowest BCUT2D eigenvalue weighted by Crippen LogP contribution is -2.43. The highest BCUT2D eigenvalue weighted by Crippen LogP contribution is 2.24. The summed E-state index contributed by atoms with van der Waals surface area (Å²) in [6, 6.07) is 17.8. The maximum absolute atomic E-state index is 12.8. The quantitative estimate of drug-likeness (QED) is 0.653. The minimum Gasteiger partial charge on any atom is -0.497 e. The molecule has 2 aromatic carbocycles. The van der Waals surface area contributed by atoms with Crippen LogP contribution in [0.5, 0.6) is 5.75 Å². The third kappa shape index (κ3) is 4.69. The molecule has 1 unspecified atom stereocenters. The van der Waals surface area contributed by atoms with Gasteiger partial charge in [-0.3, -0.25) is 9.69 Å². The minimum atomic E-state index is -0.135. The van der Waals surface area contributed by atoms with Crippen LogP contribution in [0.2, 0.25) is 0 Å². The predicted octanol–water partition coefficient (Wildman–Crippen LogP) is 2.68. The van der Waals surface area contributed by atoms with E-state index in [1.54, 1.807) is 24.2 Å². The van der Waals surface area contributed by atoms with E-state index in [4.69, 9.17) is 9.47 Å². The van der Waals surface area contributed by atoms with Gasteiger partial charge < -0.3 is 14.8 Å². The summed E-state index contributed by atoms with van der Waals surface area (Å²) in [4.78, 5) is 15.1. The molecule has 0 saturated carbocycles.